The SMILES string of the molecule is CCC(C)CC(C)CCCCCCCCC(=O)N[C@H]1CCCNC(=O)C2[C@@H](O)CCN2C(=O)C([C@H](O)CCN)NC(=O)C(CCc2ccc(O)cc2)NC(=O)[C@@H]2CCCN2C(=O)C(CC)NC1=O.NCCN. The van der Waals surface area contributed by atoms with Crippen molar-refractivity contribution in [3.05, 3.63) is 29.8 Å². The molecule has 3 aliphatic rings. The number of amides is 7. The van der Waals surface area contributed by atoms with Gasteiger partial charge in [-0.15, -0.1) is 0 Å². The molecule has 7 amide bonds. The van der Waals surface area contributed by atoms with E-state index in [1.807, 2.05) is 0 Å². The first-order valence-corrected chi connectivity index (χ1v) is 26.8. The van der Waals surface area contributed by atoms with Gasteiger partial charge in [0.1, 0.15) is 42.0 Å². The van der Waals surface area contributed by atoms with Crippen molar-refractivity contribution in [1.29, 1.82) is 0 Å². The number of fused-ring (bicyclic) bond motifs is 2. The topological polar surface area (TPSA) is 325 Å². The molecule has 4 rings (SSSR count). The highest BCUT2D eigenvalue weighted by atomic mass is 16.3. The maximum atomic E-state index is 14.3. The van der Waals surface area contributed by atoms with Crippen LogP contribution < -0.4 is 43.8 Å². The van der Waals surface area contributed by atoms with Crippen LogP contribution >= 0.6 is 0 Å². The number of carbonyl (C=O) groups excluding carboxylic acids is 7. The highest BCUT2D eigenvalue weighted by Crippen LogP contribution is 2.24. The molecule has 14 N–H and O–H groups in total. The lowest BCUT2D eigenvalue weighted by molar-refractivity contribution is -0.146. The second-order valence-electron chi connectivity index (χ2n) is 20.0. The molecule has 6 unspecified atom stereocenters. The molecular formula is C52H90N10O10. The van der Waals surface area contributed by atoms with Crippen molar-refractivity contribution >= 4 is 41.4 Å². The molecular weight excluding hydrogens is 925 g/mol. The Morgan fingerprint density at radius 3 is 2.06 bits per heavy atom. The Balaban J connectivity index is 0.00000329. The number of carbonyl (C=O) groups is 7. The minimum absolute atomic E-state index is 0.0121. The predicted molar refractivity (Wildman–Crippen MR) is 276 cm³/mol. The van der Waals surface area contributed by atoms with Gasteiger partial charge in [0.2, 0.25) is 41.4 Å². The molecule has 0 bridgehead atoms. The van der Waals surface area contributed by atoms with E-state index in [0.29, 0.717) is 25.9 Å². The van der Waals surface area contributed by atoms with Gasteiger partial charge in [-0.2, -0.15) is 0 Å². The molecule has 3 fully saturated rings. The maximum absolute atomic E-state index is 14.3. The van der Waals surface area contributed by atoms with Gasteiger partial charge >= 0.3 is 0 Å². The standard InChI is InChI=1S/C50H82N8O10.C2H8N2/c1-5-32(3)31-33(4)15-11-9-7-8-10-12-18-42(62)53-37-16-13-28-52-48(66)44-41(61)26-30-58(44)50(68)43(40(60)25-27-51)56-46(64)38(24-21-34-19-22-35(59)23-20-34)55-47(65)39-17-14-29-57(39)49(67)36(6-2)54-45(37)63;3-1-2-4/h19-20,22-23,32-33,36-41,43-44,59-61H,5-18,21,24-31,51H2,1-4H3,(H,52,66)(H,53,62)(H,54,63)(H,55,65)(H,56,64);1-4H2/t32?,33?,36?,37-,38?,39-,40+,41-,43?,44?;/m0./s1. The Hall–Kier alpha value is -4.89. The number of nitrogens with zero attached hydrogens (tertiary/aromatic N) is 2. The molecule has 1 aromatic rings. The summed E-state index contributed by atoms with van der Waals surface area (Å²) in [4.78, 5) is 101. The number of aliphatic hydroxyl groups excluding tert-OH is 2. The molecule has 1 aromatic carbocycles. The van der Waals surface area contributed by atoms with Crippen LogP contribution in [0.25, 0.3) is 0 Å². The van der Waals surface area contributed by atoms with Gasteiger partial charge in [-0.05, 0) is 107 Å². The van der Waals surface area contributed by atoms with Crippen molar-refractivity contribution in [2.24, 2.45) is 29.0 Å². The molecule has 0 aliphatic carbocycles. The van der Waals surface area contributed by atoms with Gasteiger partial charge in [-0.3, -0.25) is 33.6 Å². The number of hydrogen-bond donors (Lipinski definition) is 11. The average Bonchev–Trinajstić information content (AvgIpc) is 4.02. The van der Waals surface area contributed by atoms with Crippen LogP contribution in [0.15, 0.2) is 24.3 Å². The van der Waals surface area contributed by atoms with E-state index < -0.39 is 83.9 Å². The molecule has 0 saturated carbocycles. The smallest absolute Gasteiger partial charge is 0.248 e. The van der Waals surface area contributed by atoms with Crippen LogP contribution in [-0.4, -0.2) is 154 Å². The number of aromatic hydroxyl groups is 1. The van der Waals surface area contributed by atoms with Crippen LogP contribution in [0.2, 0.25) is 0 Å². The first kappa shape index (κ1) is 61.4. The number of phenols is 1. The normalized spacial score (nSPS) is 25.0. The number of unbranched alkanes of at least 4 members (excludes halogenated alkanes) is 5. The van der Waals surface area contributed by atoms with E-state index in [9.17, 15) is 48.9 Å². The third kappa shape index (κ3) is 20.2. The van der Waals surface area contributed by atoms with Crippen LogP contribution in [0.4, 0.5) is 0 Å². The molecule has 72 heavy (non-hydrogen) atoms. The summed E-state index contributed by atoms with van der Waals surface area (Å²) in [5, 5.41) is 45.9. The van der Waals surface area contributed by atoms with E-state index in [0.717, 1.165) is 48.0 Å². The van der Waals surface area contributed by atoms with Crippen LogP contribution in [0.1, 0.15) is 149 Å². The van der Waals surface area contributed by atoms with Crippen molar-refractivity contribution in [3.63, 3.8) is 0 Å². The zero-order valence-corrected chi connectivity index (χ0v) is 43.6. The van der Waals surface area contributed by atoms with Gasteiger partial charge < -0.3 is 68.9 Å². The van der Waals surface area contributed by atoms with Crippen molar-refractivity contribution in [2.45, 2.75) is 198 Å². The fourth-order valence-electron chi connectivity index (χ4n) is 9.67. The quantitative estimate of drug-likeness (QED) is 0.0776. The summed E-state index contributed by atoms with van der Waals surface area (Å²) in [7, 11) is 0. The monoisotopic (exact) mass is 1010 g/mol. The van der Waals surface area contributed by atoms with Gasteiger partial charge in [-0.1, -0.05) is 84.8 Å². The predicted octanol–water partition coefficient (Wildman–Crippen LogP) is 1.34. The Morgan fingerprint density at radius 1 is 0.736 bits per heavy atom. The lowest BCUT2D eigenvalue weighted by atomic mass is 9.91. The molecule has 20 heteroatoms. The summed E-state index contributed by atoms with van der Waals surface area (Å²) in [5.74, 6) is -2.84. The summed E-state index contributed by atoms with van der Waals surface area (Å²) in [5.41, 5.74) is 16.3. The number of aryl methyl sites for hydroxylation is 1. The zero-order chi connectivity index (χ0) is 53.2. The maximum Gasteiger partial charge on any atom is 0.248 e. The van der Waals surface area contributed by atoms with Crippen LogP contribution in [-0.2, 0) is 40.0 Å². The number of nitrogens with one attached hydrogen (secondary N) is 5. The summed E-state index contributed by atoms with van der Waals surface area (Å²) in [6.07, 6.45) is 8.56. The van der Waals surface area contributed by atoms with Gasteiger partial charge in [0.25, 0.3) is 0 Å². The lowest BCUT2D eigenvalue weighted by Crippen LogP contribution is -2.62. The molecule has 3 aliphatic heterocycles. The third-order valence-electron chi connectivity index (χ3n) is 14.1. The lowest BCUT2D eigenvalue weighted by Gasteiger charge is -2.33. The number of rotatable bonds is 21. The molecule has 10 atom stereocenters. The molecule has 3 heterocycles. The summed E-state index contributed by atoms with van der Waals surface area (Å²) >= 11 is 0. The first-order chi connectivity index (χ1) is 34.5. The first-order valence-electron chi connectivity index (χ1n) is 26.8. The molecule has 0 radical (unpaired) electrons. The summed E-state index contributed by atoms with van der Waals surface area (Å²) in [6, 6.07) is -1.05. The third-order valence-corrected chi connectivity index (χ3v) is 14.1. The Morgan fingerprint density at radius 2 is 1.40 bits per heavy atom. The fourth-order valence-corrected chi connectivity index (χ4v) is 9.67. The van der Waals surface area contributed by atoms with Crippen molar-refractivity contribution in [3.8, 4) is 5.75 Å². The molecule has 408 valence electrons. The molecule has 0 spiro atoms. The van der Waals surface area contributed by atoms with Gasteiger partial charge in [-0.25, -0.2) is 0 Å². The molecule has 20 nitrogen and oxygen atoms in total. The summed E-state index contributed by atoms with van der Waals surface area (Å²) in [6.45, 7) is 9.92. The minimum atomic E-state index is -1.61. The van der Waals surface area contributed by atoms with E-state index in [-0.39, 0.29) is 95.6 Å². The number of benzene rings is 1. The van der Waals surface area contributed by atoms with Gasteiger partial charge in [0.15, 0.2) is 0 Å². The van der Waals surface area contributed by atoms with Crippen molar-refractivity contribution in [2.75, 3.05) is 39.3 Å². The number of hydrogen-bond acceptors (Lipinski definition) is 13. The number of phenolic OH excluding ortho intramolecular Hbond substituents is 1. The summed E-state index contributed by atoms with van der Waals surface area (Å²) < 4.78 is 0. The fraction of sp³-hybridized carbons (Fsp3) is 0.750. The van der Waals surface area contributed by atoms with Crippen molar-refractivity contribution < 1.29 is 48.9 Å². The largest absolute Gasteiger partial charge is 0.508 e. The second kappa shape index (κ2) is 33.0. The van der Waals surface area contributed by atoms with Gasteiger partial charge in [0.05, 0.1) is 12.2 Å². The minimum Gasteiger partial charge on any atom is -0.508 e. The van der Waals surface area contributed by atoms with E-state index in [4.69, 9.17) is 17.2 Å². The Kier molecular flexibility index (Phi) is 28.2. The van der Waals surface area contributed by atoms with Crippen LogP contribution in [0.5, 0.6) is 5.75 Å². The van der Waals surface area contributed by atoms with E-state index >= 15 is 0 Å². The highest BCUT2D eigenvalue weighted by molar-refractivity contribution is 5.97. The second-order valence-corrected chi connectivity index (χ2v) is 20.0. The number of aliphatic hydroxyl groups is 2. The van der Waals surface area contributed by atoms with Crippen molar-refractivity contribution in [1.82, 2.24) is 36.4 Å². The van der Waals surface area contributed by atoms with E-state index in [2.05, 4.69) is 47.4 Å². The molecule has 0 aromatic heterocycles. The van der Waals surface area contributed by atoms with Gasteiger partial charge in [0, 0.05) is 39.1 Å². The number of nitrogens with two attached hydrogens (primary N) is 3. The Bertz CT molecular complexity index is 1840. The van der Waals surface area contributed by atoms with E-state index in [1.54, 1.807) is 19.1 Å². The molecule has 3 saturated heterocycles. The highest BCUT2D eigenvalue weighted by Gasteiger charge is 2.45. The van der Waals surface area contributed by atoms with E-state index in [1.165, 1.54) is 42.7 Å². The Labute approximate surface area is 427 Å². The van der Waals surface area contributed by atoms with Crippen LogP contribution in [0, 0.1) is 11.8 Å². The average molecular weight is 1020 g/mol. The van der Waals surface area contributed by atoms with Crippen LogP contribution in [0.3, 0.4) is 0 Å². The zero-order valence-electron chi connectivity index (χ0n) is 43.6.